The Hall–Kier alpha value is -0.0600. The highest BCUT2D eigenvalue weighted by Crippen LogP contribution is 2.17. The molecule has 0 bridgehead atoms. The van der Waals surface area contributed by atoms with Crippen molar-refractivity contribution in [1.29, 1.82) is 0 Å². The van der Waals surface area contributed by atoms with Gasteiger partial charge in [0.25, 0.3) is 0 Å². The van der Waals surface area contributed by atoms with Crippen LogP contribution in [0.25, 0.3) is 0 Å². The maximum atomic E-state index is 5.60. The van der Waals surface area contributed by atoms with Crippen LogP contribution in [0.2, 0.25) is 0 Å². The van der Waals surface area contributed by atoms with E-state index in [9.17, 15) is 0 Å². The monoisotopic (exact) mass is 186 g/mol. The van der Waals surface area contributed by atoms with E-state index in [2.05, 4.69) is 24.3 Å². The summed E-state index contributed by atoms with van der Waals surface area (Å²) in [5, 5.41) is 0. The second kappa shape index (κ2) is 5.57. The van der Waals surface area contributed by atoms with Gasteiger partial charge in [0.05, 0.1) is 0 Å². The van der Waals surface area contributed by atoms with Crippen molar-refractivity contribution in [2.24, 2.45) is 0 Å². The minimum absolute atomic E-state index is 0.582. The van der Waals surface area contributed by atoms with Crippen molar-refractivity contribution in [2.75, 3.05) is 6.16 Å². The van der Waals surface area contributed by atoms with Crippen LogP contribution in [0.15, 0.2) is 30.3 Å². The van der Waals surface area contributed by atoms with Crippen molar-refractivity contribution >= 4 is 19.2 Å². The van der Waals surface area contributed by atoms with E-state index in [1.165, 1.54) is 18.4 Å². The third-order valence-corrected chi connectivity index (χ3v) is 2.69. The lowest BCUT2D eigenvalue weighted by Crippen LogP contribution is -1.84. The lowest BCUT2D eigenvalue weighted by Gasteiger charge is -1.97. The summed E-state index contributed by atoms with van der Waals surface area (Å²) in [5.41, 5.74) is 1.42. The lowest BCUT2D eigenvalue weighted by atomic mass is 10.1. The predicted molar refractivity (Wildman–Crippen MR) is 53.8 cm³/mol. The van der Waals surface area contributed by atoms with Crippen LogP contribution in [-0.4, -0.2) is 6.16 Å². The molecular formula is C9H12ClP. The SMILES string of the molecule is ClPCCCc1ccccc1. The molecule has 60 valence electrons. The average molecular weight is 187 g/mol. The molecule has 0 saturated heterocycles. The number of hydrogen-bond donors (Lipinski definition) is 0. The first-order chi connectivity index (χ1) is 5.43. The molecule has 1 unspecified atom stereocenters. The Morgan fingerprint density at radius 3 is 2.55 bits per heavy atom. The molecule has 2 heteroatoms. The van der Waals surface area contributed by atoms with Crippen molar-refractivity contribution in [3.63, 3.8) is 0 Å². The van der Waals surface area contributed by atoms with Gasteiger partial charge in [0.1, 0.15) is 0 Å². The molecule has 0 aliphatic rings. The number of benzene rings is 1. The summed E-state index contributed by atoms with van der Waals surface area (Å²) in [7, 11) is 0.582. The maximum Gasteiger partial charge on any atom is -0.0211 e. The predicted octanol–water partition coefficient (Wildman–Crippen LogP) is 3.45. The van der Waals surface area contributed by atoms with Gasteiger partial charge in [-0.2, -0.15) is 0 Å². The standard InChI is InChI=1S/C9H12ClP/c10-11-8-4-7-9-5-2-1-3-6-9/h1-3,5-6,11H,4,7-8H2. The van der Waals surface area contributed by atoms with Gasteiger partial charge in [-0.05, 0) is 32.5 Å². The van der Waals surface area contributed by atoms with E-state index >= 15 is 0 Å². The van der Waals surface area contributed by atoms with Crippen molar-refractivity contribution in [3.8, 4) is 0 Å². The molecule has 0 fully saturated rings. The smallest absolute Gasteiger partial charge is 0.0211 e. The van der Waals surface area contributed by atoms with Crippen LogP contribution in [0.5, 0.6) is 0 Å². The third-order valence-electron chi connectivity index (χ3n) is 1.58. The lowest BCUT2D eigenvalue weighted by molar-refractivity contribution is 0.933. The Labute approximate surface area is 74.5 Å². The highest BCUT2D eigenvalue weighted by molar-refractivity contribution is 7.68. The molecule has 11 heavy (non-hydrogen) atoms. The zero-order valence-electron chi connectivity index (χ0n) is 6.39. The van der Waals surface area contributed by atoms with E-state index in [1.807, 2.05) is 6.07 Å². The first kappa shape index (κ1) is 9.03. The fourth-order valence-corrected chi connectivity index (χ4v) is 1.72. The van der Waals surface area contributed by atoms with Crippen molar-refractivity contribution in [1.82, 2.24) is 0 Å². The second-order valence-electron chi connectivity index (χ2n) is 2.47. The molecule has 0 amide bonds. The van der Waals surface area contributed by atoms with E-state index in [4.69, 9.17) is 11.2 Å². The quantitative estimate of drug-likeness (QED) is 0.499. The topological polar surface area (TPSA) is 0 Å². The molecule has 1 atom stereocenters. The van der Waals surface area contributed by atoms with Gasteiger partial charge < -0.3 is 0 Å². The number of halogens is 1. The first-order valence-corrected chi connectivity index (χ1v) is 6.03. The van der Waals surface area contributed by atoms with Gasteiger partial charge in [0.15, 0.2) is 0 Å². The fraction of sp³-hybridized carbons (Fsp3) is 0.333. The number of aryl methyl sites for hydroxylation is 1. The molecule has 0 heterocycles. The summed E-state index contributed by atoms with van der Waals surface area (Å²) < 4.78 is 0. The summed E-state index contributed by atoms with van der Waals surface area (Å²) >= 11 is 5.60. The summed E-state index contributed by atoms with van der Waals surface area (Å²) in [6.07, 6.45) is 3.53. The summed E-state index contributed by atoms with van der Waals surface area (Å²) in [4.78, 5) is 0. The van der Waals surface area contributed by atoms with Crippen LogP contribution in [-0.2, 0) is 6.42 Å². The van der Waals surface area contributed by atoms with E-state index < -0.39 is 0 Å². The van der Waals surface area contributed by atoms with Crippen molar-refractivity contribution < 1.29 is 0 Å². The minimum atomic E-state index is 0.582. The van der Waals surface area contributed by atoms with E-state index in [0.29, 0.717) is 7.93 Å². The maximum absolute atomic E-state index is 5.60. The molecule has 1 aromatic carbocycles. The Kier molecular flexibility index (Phi) is 4.58. The molecule has 0 radical (unpaired) electrons. The Balaban J connectivity index is 2.28. The van der Waals surface area contributed by atoms with Crippen LogP contribution < -0.4 is 0 Å². The number of rotatable bonds is 4. The van der Waals surface area contributed by atoms with Gasteiger partial charge in [-0.3, -0.25) is 0 Å². The minimum Gasteiger partial charge on any atom is -0.100 e. The highest BCUT2D eigenvalue weighted by Gasteiger charge is 1.89. The Morgan fingerprint density at radius 1 is 1.18 bits per heavy atom. The molecule has 1 aromatic rings. The van der Waals surface area contributed by atoms with E-state index in [1.54, 1.807) is 0 Å². The Bertz CT molecular complexity index is 186. The van der Waals surface area contributed by atoms with Gasteiger partial charge >= 0.3 is 0 Å². The van der Waals surface area contributed by atoms with Crippen molar-refractivity contribution in [3.05, 3.63) is 35.9 Å². The van der Waals surface area contributed by atoms with Crippen LogP contribution in [0, 0.1) is 0 Å². The fourth-order valence-electron chi connectivity index (χ4n) is 1.00. The van der Waals surface area contributed by atoms with E-state index in [-0.39, 0.29) is 0 Å². The third kappa shape index (κ3) is 3.74. The van der Waals surface area contributed by atoms with Crippen LogP contribution in [0.3, 0.4) is 0 Å². The molecule has 0 N–H and O–H groups in total. The van der Waals surface area contributed by atoms with Gasteiger partial charge in [0, 0.05) is 0 Å². The van der Waals surface area contributed by atoms with Crippen LogP contribution in [0.4, 0.5) is 0 Å². The molecular weight excluding hydrogens is 175 g/mol. The molecule has 0 nitrogen and oxygen atoms in total. The van der Waals surface area contributed by atoms with Gasteiger partial charge in [-0.15, -0.1) is 11.2 Å². The van der Waals surface area contributed by atoms with Gasteiger partial charge in [-0.25, -0.2) is 0 Å². The molecule has 0 aliphatic heterocycles. The van der Waals surface area contributed by atoms with E-state index in [0.717, 1.165) is 6.16 Å². The van der Waals surface area contributed by atoms with Crippen LogP contribution >= 0.6 is 19.2 Å². The summed E-state index contributed by atoms with van der Waals surface area (Å²) in [6, 6.07) is 10.5. The van der Waals surface area contributed by atoms with Crippen molar-refractivity contribution in [2.45, 2.75) is 12.8 Å². The normalized spacial score (nSPS) is 11.0. The molecule has 0 aromatic heterocycles. The molecule has 0 spiro atoms. The highest BCUT2D eigenvalue weighted by atomic mass is 35.7. The molecule has 0 aliphatic carbocycles. The molecule has 1 rings (SSSR count). The molecule has 0 saturated carbocycles. The van der Waals surface area contributed by atoms with Gasteiger partial charge in [-0.1, -0.05) is 30.3 Å². The summed E-state index contributed by atoms with van der Waals surface area (Å²) in [5.74, 6) is 0. The second-order valence-corrected chi connectivity index (χ2v) is 4.04. The zero-order chi connectivity index (χ0) is 7.94. The number of hydrogen-bond acceptors (Lipinski definition) is 0. The Morgan fingerprint density at radius 2 is 1.91 bits per heavy atom. The van der Waals surface area contributed by atoms with Gasteiger partial charge in [0.2, 0.25) is 0 Å². The average Bonchev–Trinajstić information content (AvgIpc) is 2.07. The van der Waals surface area contributed by atoms with Crippen LogP contribution in [0.1, 0.15) is 12.0 Å². The zero-order valence-corrected chi connectivity index (χ0v) is 8.14. The first-order valence-electron chi connectivity index (χ1n) is 3.81. The largest absolute Gasteiger partial charge is 0.100 e. The summed E-state index contributed by atoms with van der Waals surface area (Å²) in [6.45, 7) is 0.